The Labute approximate surface area is 191 Å². The number of aromatic nitrogens is 3. The number of hydrogen-bond acceptors (Lipinski definition) is 9. The fourth-order valence-corrected chi connectivity index (χ4v) is 4.81. The van der Waals surface area contributed by atoms with Crippen molar-refractivity contribution < 1.29 is 14.1 Å². The van der Waals surface area contributed by atoms with Gasteiger partial charge in [0.2, 0.25) is 11.0 Å². The molecule has 2 aromatic heterocycles. The van der Waals surface area contributed by atoms with Gasteiger partial charge in [0, 0.05) is 42.8 Å². The predicted molar refractivity (Wildman–Crippen MR) is 120 cm³/mol. The molecule has 1 aliphatic rings. The fraction of sp³-hybridized carbons (Fsp3) is 0.316. The molecule has 0 atom stereocenters. The Morgan fingerprint density at radius 1 is 1.19 bits per heavy atom. The van der Waals surface area contributed by atoms with Gasteiger partial charge in [0.25, 0.3) is 5.91 Å². The average Bonchev–Trinajstić information content (AvgIpc) is 3.41. The van der Waals surface area contributed by atoms with E-state index in [4.69, 9.17) is 16.1 Å². The van der Waals surface area contributed by atoms with Crippen molar-refractivity contribution in [2.75, 3.05) is 42.1 Å². The molecule has 1 aliphatic heterocycles. The lowest BCUT2D eigenvalue weighted by molar-refractivity contribution is -0.113. The summed E-state index contributed by atoms with van der Waals surface area (Å²) in [6.45, 7) is 4.30. The van der Waals surface area contributed by atoms with E-state index in [1.807, 2.05) is 4.90 Å². The zero-order valence-electron chi connectivity index (χ0n) is 16.6. The van der Waals surface area contributed by atoms with Crippen molar-refractivity contribution in [3.63, 3.8) is 0 Å². The standard InChI is InChI=1S/C19H19ClN6O3S2/c1-12-10-15(24-29-12)21-16(27)11-30-19-23-22-18(31-19)26-8-6-25(7-9-26)17(28)13-2-4-14(20)5-3-13/h2-5,10H,6-9,11H2,1H3,(H,21,24,27). The summed E-state index contributed by atoms with van der Waals surface area (Å²) in [5, 5.41) is 16.2. The van der Waals surface area contributed by atoms with Gasteiger partial charge in [0.1, 0.15) is 5.76 Å². The lowest BCUT2D eigenvalue weighted by Gasteiger charge is -2.34. The van der Waals surface area contributed by atoms with E-state index in [-0.39, 0.29) is 17.6 Å². The molecule has 162 valence electrons. The largest absolute Gasteiger partial charge is 0.360 e. The monoisotopic (exact) mass is 478 g/mol. The first-order valence-electron chi connectivity index (χ1n) is 9.47. The lowest BCUT2D eigenvalue weighted by atomic mass is 10.2. The molecule has 1 aromatic carbocycles. The first-order chi connectivity index (χ1) is 15.0. The molecule has 9 nitrogen and oxygen atoms in total. The highest BCUT2D eigenvalue weighted by Crippen LogP contribution is 2.29. The van der Waals surface area contributed by atoms with Crippen LogP contribution in [0.4, 0.5) is 10.9 Å². The average molecular weight is 479 g/mol. The normalized spacial score (nSPS) is 14.0. The lowest BCUT2D eigenvalue weighted by Crippen LogP contribution is -2.48. The van der Waals surface area contributed by atoms with Crippen LogP contribution in [0.15, 0.2) is 39.2 Å². The van der Waals surface area contributed by atoms with Gasteiger partial charge in [0.05, 0.1) is 5.75 Å². The maximum atomic E-state index is 12.6. The second kappa shape index (κ2) is 9.67. The number of halogens is 1. The van der Waals surface area contributed by atoms with Gasteiger partial charge < -0.3 is 19.6 Å². The molecular weight excluding hydrogens is 460 g/mol. The van der Waals surface area contributed by atoms with Crippen LogP contribution in [-0.2, 0) is 4.79 Å². The molecule has 31 heavy (non-hydrogen) atoms. The van der Waals surface area contributed by atoms with E-state index < -0.39 is 0 Å². The van der Waals surface area contributed by atoms with E-state index in [1.165, 1.54) is 23.1 Å². The molecule has 0 spiro atoms. The maximum absolute atomic E-state index is 12.6. The second-order valence-electron chi connectivity index (χ2n) is 6.80. The van der Waals surface area contributed by atoms with Crippen molar-refractivity contribution >= 4 is 57.5 Å². The number of rotatable bonds is 6. The van der Waals surface area contributed by atoms with Crippen molar-refractivity contribution in [3.05, 3.63) is 46.7 Å². The minimum Gasteiger partial charge on any atom is -0.360 e. The van der Waals surface area contributed by atoms with Crippen LogP contribution in [0.2, 0.25) is 5.02 Å². The van der Waals surface area contributed by atoms with E-state index in [0.717, 1.165) is 5.13 Å². The van der Waals surface area contributed by atoms with Gasteiger partial charge in [-0.25, -0.2) is 0 Å². The van der Waals surface area contributed by atoms with E-state index >= 15 is 0 Å². The Hall–Kier alpha value is -2.63. The molecule has 0 unspecified atom stereocenters. The minimum absolute atomic E-state index is 0.00172. The van der Waals surface area contributed by atoms with Gasteiger partial charge in [-0.15, -0.1) is 10.2 Å². The number of nitrogens with zero attached hydrogens (tertiary/aromatic N) is 5. The highest BCUT2D eigenvalue weighted by atomic mass is 35.5. The third-order valence-electron chi connectivity index (χ3n) is 4.55. The number of benzene rings is 1. The number of carbonyl (C=O) groups is 2. The van der Waals surface area contributed by atoms with Gasteiger partial charge in [-0.3, -0.25) is 9.59 Å². The van der Waals surface area contributed by atoms with Crippen molar-refractivity contribution in [1.82, 2.24) is 20.3 Å². The van der Waals surface area contributed by atoms with Gasteiger partial charge in [-0.1, -0.05) is 39.9 Å². The van der Waals surface area contributed by atoms with Gasteiger partial charge in [-0.2, -0.15) is 0 Å². The van der Waals surface area contributed by atoms with Crippen LogP contribution in [0, 0.1) is 6.92 Å². The number of aryl methyl sites for hydroxylation is 1. The van der Waals surface area contributed by atoms with Gasteiger partial charge >= 0.3 is 0 Å². The summed E-state index contributed by atoms with van der Waals surface area (Å²) >= 11 is 8.64. The number of carbonyl (C=O) groups excluding carboxylic acids is 2. The van der Waals surface area contributed by atoms with Gasteiger partial charge in [0.15, 0.2) is 10.2 Å². The summed E-state index contributed by atoms with van der Waals surface area (Å²) in [7, 11) is 0. The SMILES string of the molecule is Cc1cc(NC(=O)CSc2nnc(N3CCN(C(=O)c4ccc(Cl)cc4)CC3)s2)no1. The van der Waals surface area contributed by atoms with E-state index in [1.54, 1.807) is 37.3 Å². The topological polar surface area (TPSA) is 104 Å². The number of thioether (sulfide) groups is 1. The zero-order valence-corrected chi connectivity index (χ0v) is 19.0. The third kappa shape index (κ3) is 5.54. The Bertz CT molecular complexity index is 1060. The van der Waals surface area contributed by atoms with Crippen LogP contribution in [-0.4, -0.2) is 64.0 Å². The second-order valence-corrected chi connectivity index (χ2v) is 9.41. The van der Waals surface area contributed by atoms with Crippen LogP contribution in [0.5, 0.6) is 0 Å². The summed E-state index contributed by atoms with van der Waals surface area (Å²) in [4.78, 5) is 28.6. The summed E-state index contributed by atoms with van der Waals surface area (Å²) < 4.78 is 5.63. The number of hydrogen-bond donors (Lipinski definition) is 1. The molecule has 1 saturated heterocycles. The molecule has 0 saturated carbocycles. The molecule has 3 aromatic rings. The number of anilines is 2. The Morgan fingerprint density at radius 2 is 1.94 bits per heavy atom. The molecule has 1 fully saturated rings. The Kier molecular flexibility index (Phi) is 6.73. The highest BCUT2D eigenvalue weighted by Gasteiger charge is 2.24. The molecule has 3 heterocycles. The summed E-state index contributed by atoms with van der Waals surface area (Å²) in [6.07, 6.45) is 0. The first-order valence-corrected chi connectivity index (χ1v) is 11.7. The van der Waals surface area contributed by atoms with Crippen molar-refractivity contribution in [2.24, 2.45) is 0 Å². The number of piperazine rings is 1. The quantitative estimate of drug-likeness (QED) is 0.538. The van der Waals surface area contributed by atoms with E-state index in [2.05, 4.69) is 25.6 Å². The molecule has 0 radical (unpaired) electrons. The molecule has 0 bridgehead atoms. The maximum Gasteiger partial charge on any atom is 0.253 e. The zero-order chi connectivity index (χ0) is 21.8. The smallest absolute Gasteiger partial charge is 0.253 e. The van der Waals surface area contributed by atoms with Crippen LogP contribution in [0.3, 0.4) is 0 Å². The van der Waals surface area contributed by atoms with Crippen molar-refractivity contribution in [1.29, 1.82) is 0 Å². The van der Waals surface area contributed by atoms with Crippen LogP contribution >= 0.6 is 34.7 Å². The number of amides is 2. The highest BCUT2D eigenvalue weighted by molar-refractivity contribution is 8.01. The molecule has 4 rings (SSSR count). The minimum atomic E-state index is -0.190. The first kappa shape index (κ1) is 21.6. The molecule has 1 N–H and O–H groups in total. The van der Waals surface area contributed by atoms with Crippen molar-refractivity contribution in [2.45, 2.75) is 11.3 Å². The molecule has 2 amide bonds. The predicted octanol–water partition coefficient (Wildman–Crippen LogP) is 3.18. The molecule has 0 aliphatic carbocycles. The number of nitrogens with one attached hydrogen (secondary N) is 1. The van der Waals surface area contributed by atoms with Gasteiger partial charge in [-0.05, 0) is 31.2 Å². The Morgan fingerprint density at radius 3 is 2.61 bits per heavy atom. The van der Waals surface area contributed by atoms with Crippen LogP contribution < -0.4 is 10.2 Å². The molecular formula is C19H19ClN6O3S2. The summed E-state index contributed by atoms with van der Waals surface area (Å²) in [5.41, 5.74) is 0.631. The van der Waals surface area contributed by atoms with Crippen LogP contribution in [0.25, 0.3) is 0 Å². The van der Waals surface area contributed by atoms with E-state index in [0.29, 0.717) is 52.7 Å². The Balaban J connectivity index is 1.25. The van der Waals surface area contributed by atoms with E-state index in [9.17, 15) is 9.59 Å². The summed E-state index contributed by atoms with van der Waals surface area (Å²) in [5.74, 6) is 1.03. The van der Waals surface area contributed by atoms with Crippen LogP contribution in [0.1, 0.15) is 16.1 Å². The molecule has 12 heteroatoms. The third-order valence-corrected chi connectivity index (χ3v) is 6.92. The fourth-order valence-electron chi connectivity index (χ4n) is 3.00. The summed E-state index contributed by atoms with van der Waals surface area (Å²) in [6, 6.07) is 8.58. The van der Waals surface area contributed by atoms with Crippen molar-refractivity contribution in [3.8, 4) is 0 Å².